The summed E-state index contributed by atoms with van der Waals surface area (Å²) in [6.45, 7) is 4.68. The van der Waals surface area contributed by atoms with Gasteiger partial charge in [-0.25, -0.2) is 4.39 Å². The highest BCUT2D eigenvalue weighted by Gasteiger charge is 2.13. The van der Waals surface area contributed by atoms with E-state index >= 15 is 0 Å². The van der Waals surface area contributed by atoms with Crippen LogP contribution in [0.2, 0.25) is 0 Å². The second-order valence-corrected chi connectivity index (χ2v) is 4.92. The molecule has 0 heterocycles. The van der Waals surface area contributed by atoms with Crippen LogP contribution in [0.25, 0.3) is 0 Å². The quantitative estimate of drug-likeness (QED) is 0.894. The molecule has 2 N–H and O–H groups in total. The van der Waals surface area contributed by atoms with Crippen molar-refractivity contribution in [2.24, 2.45) is 5.73 Å². The number of nitrogens with two attached hydrogens (primary N) is 1. The van der Waals surface area contributed by atoms with Gasteiger partial charge in [0.25, 0.3) is 0 Å². The van der Waals surface area contributed by atoms with Gasteiger partial charge in [0.1, 0.15) is 11.6 Å². The number of aryl methyl sites for hydroxylation is 1. The van der Waals surface area contributed by atoms with Gasteiger partial charge in [-0.3, -0.25) is 0 Å². The second-order valence-electron chi connectivity index (χ2n) is 4.92. The van der Waals surface area contributed by atoms with Gasteiger partial charge in [-0.1, -0.05) is 36.8 Å². The van der Waals surface area contributed by atoms with Crippen LogP contribution < -0.4 is 10.5 Å². The van der Waals surface area contributed by atoms with Crippen LogP contribution in [0.3, 0.4) is 0 Å². The fourth-order valence-corrected chi connectivity index (χ4v) is 2.07. The molecule has 0 aromatic heterocycles. The SMILES string of the molecule is CCCOc1ccc(C(N)c2cc(C)ccc2F)cc1. The van der Waals surface area contributed by atoms with Gasteiger partial charge in [0.2, 0.25) is 0 Å². The van der Waals surface area contributed by atoms with Crippen LogP contribution >= 0.6 is 0 Å². The predicted octanol–water partition coefficient (Wildman–Crippen LogP) is 3.97. The number of halogens is 1. The first-order chi connectivity index (χ1) is 9.61. The molecule has 2 rings (SSSR count). The lowest BCUT2D eigenvalue weighted by Gasteiger charge is -2.15. The summed E-state index contributed by atoms with van der Waals surface area (Å²) in [5, 5.41) is 0. The van der Waals surface area contributed by atoms with Crippen molar-refractivity contribution in [1.82, 2.24) is 0 Å². The van der Waals surface area contributed by atoms with Crippen LogP contribution in [-0.4, -0.2) is 6.61 Å². The smallest absolute Gasteiger partial charge is 0.128 e. The lowest BCUT2D eigenvalue weighted by molar-refractivity contribution is 0.317. The number of benzene rings is 2. The van der Waals surface area contributed by atoms with Crippen molar-refractivity contribution in [1.29, 1.82) is 0 Å². The van der Waals surface area contributed by atoms with Crippen LogP contribution in [0, 0.1) is 12.7 Å². The summed E-state index contributed by atoms with van der Waals surface area (Å²) in [4.78, 5) is 0. The van der Waals surface area contributed by atoms with Gasteiger partial charge in [-0.2, -0.15) is 0 Å². The second kappa shape index (κ2) is 6.53. The fourth-order valence-electron chi connectivity index (χ4n) is 2.07. The van der Waals surface area contributed by atoms with E-state index in [4.69, 9.17) is 10.5 Å². The van der Waals surface area contributed by atoms with Gasteiger partial charge in [0.05, 0.1) is 12.6 Å². The van der Waals surface area contributed by atoms with E-state index in [1.807, 2.05) is 31.2 Å². The molecule has 0 aliphatic heterocycles. The van der Waals surface area contributed by atoms with Gasteiger partial charge >= 0.3 is 0 Å². The van der Waals surface area contributed by atoms with E-state index in [0.717, 1.165) is 23.3 Å². The van der Waals surface area contributed by atoms with Gasteiger partial charge in [-0.15, -0.1) is 0 Å². The Labute approximate surface area is 119 Å². The van der Waals surface area contributed by atoms with E-state index in [-0.39, 0.29) is 5.82 Å². The number of hydrogen-bond donors (Lipinski definition) is 1. The average molecular weight is 273 g/mol. The Balaban J connectivity index is 2.20. The lowest BCUT2D eigenvalue weighted by atomic mass is 9.97. The molecule has 0 aliphatic carbocycles. The Morgan fingerprint density at radius 2 is 1.85 bits per heavy atom. The normalized spacial score (nSPS) is 12.2. The summed E-state index contributed by atoms with van der Waals surface area (Å²) in [7, 11) is 0. The monoisotopic (exact) mass is 273 g/mol. The first-order valence-corrected chi connectivity index (χ1v) is 6.86. The number of ether oxygens (including phenoxy) is 1. The van der Waals surface area contributed by atoms with Crippen LogP contribution in [0.4, 0.5) is 4.39 Å². The molecule has 1 unspecified atom stereocenters. The van der Waals surface area contributed by atoms with Crippen molar-refractivity contribution in [3.63, 3.8) is 0 Å². The summed E-state index contributed by atoms with van der Waals surface area (Å²) in [5.74, 6) is 0.543. The van der Waals surface area contributed by atoms with Crippen LogP contribution in [-0.2, 0) is 0 Å². The summed E-state index contributed by atoms with van der Waals surface area (Å²) >= 11 is 0. The van der Waals surface area contributed by atoms with Gasteiger partial charge in [0, 0.05) is 5.56 Å². The third-order valence-corrected chi connectivity index (χ3v) is 3.20. The van der Waals surface area contributed by atoms with Gasteiger partial charge in [0.15, 0.2) is 0 Å². The predicted molar refractivity (Wildman–Crippen MR) is 79.4 cm³/mol. The average Bonchev–Trinajstić information content (AvgIpc) is 2.47. The molecule has 0 saturated heterocycles. The third-order valence-electron chi connectivity index (χ3n) is 3.20. The topological polar surface area (TPSA) is 35.2 Å². The van der Waals surface area contributed by atoms with Crippen LogP contribution in [0.15, 0.2) is 42.5 Å². The first-order valence-electron chi connectivity index (χ1n) is 6.86. The molecule has 0 saturated carbocycles. The molecule has 0 amide bonds. The molecule has 20 heavy (non-hydrogen) atoms. The molecule has 2 aromatic rings. The molecular formula is C17H20FNO. The van der Waals surface area contributed by atoms with Crippen LogP contribution in [0.1, 0.15) is 36.1 Å². The Bertz CT molecular complexity index is 566. The molecule has 0 aliphatic rings. The molecule has 2 nitrogen and oxygen atoms in total. The Morgan fingerprint density at radius 1 is 1.15 bits per heavy atom. The molecule has 3 heteroatoms. The summed E-state index contributed by atoms with van der Waals surface area (Å²) in [6, 6.07) is 12.1. The maximum absolute atomic E-state index is 13.8. The largest absolute Gasteiger partial charge is 0.494 e. The Kier molecular flexibility index (Phi) is 4.74. The van der Waals surface area contributed by atoms with Crippen molar-refractivity contribution in [2.45, 2.75) is 26.3 Å². The molecule has 0 bridgehead atoms. The van der Waals surface area contributed by atoms with E-state index in [1.165, 1.54) is 6.07 Å². The molecule has 0 spiro atoms. The molecular weight excluding hydrogens is 253 g/mol. The fraction of sp³-hybridized carbons (Fsp3) is 0.294. The standard InChI is InChI=1S/C17H20FNO/c1-3-10-20-14-7-5-13(6-8-14)17(19)15-11-12(2)4-9-16(15)18/h4-9,11,17H,3,10,19H2,1-2H3. The lowest BCUT2D eigenvalue weighted by Crippen LogP contribution is -2.13. The summed E-state index contributed by atoms with van der Waals surface area (Å²) < 4.78 is 19.4. The van der Waals surface area contributed by atoms with Crippen LogP contribution in [0.5, 0.6) is 5.75 Å². The molecule has 1 atom stereocenters. The van der Waals surface area contributed by atoms with Crippen molar-refractivity contribution >= 4 is 0 Å². The molecule has 2 aromatic carbocycles. The number of hydrogen-bond acceptors (Lipinski definition) is 2. The molecule has 0 radical (unpaired) electrons. The maximum Gasteiger partial charge on any atom is 0.128 e. The zero-order valence-corrected chi connectivity index (χ0v) is 11.9. The Hall–Kier alpha value is -1.87. The highest BCUT2D eigenvalue weighted by Crippen LogP contribution is 2.25. The van der Waals surface area contributed by atoms with Gasteiger partial charge in [-0.05, 0) is 37.1 Å². The minimum absolute atomic E-state index is 0.269. The van der Waals surface area contributed by atoms with Crippen molar-refractivity contribution in [3.8, 4) is 5.75 Å². The van der Waals surface area contributed by atoms with E-state index in [2.05, 4.69) is 6.92 Å². The molecule has 106 valence electrons. The van der Waals surface area contributed by atoms with E-state index < -0.39 is 6.04 Å². The number of rotatable bonds is 5. The highest BCUT2D eigenvalue weighted by molar-refractivity contribution is 5.37. The van der Waals surface area contributed by atoms with E-state index in [9.17, 15) is 4.39 Å². The molecule has 0 fully saturated rings. The minimum atomic E-state index is -0.463. The van der Waals surface area contributed by atoms with Crippen molar-refractivity contribution in [3.05, 3.63) is 65.0 Å². The summed E-state index contributed by atoms with van der Waals surface area (Å²) in [5.41, 5.74) is 8.55. The summed E-state index contributed by atoms with van der Waals surface area (Å²) in [6.07, 6.45) is 0.968. The zero-order valence-electron chi connectivity index (χ0n) is 11.9. The Morgan fingerprint density at radius 3 is 2.50 bits per heavy atom. The van der Waals surface area contributed by atoms with Gasteiger partial charge < -0.3 is 10.5 Å². The van der Waals surface area contributed by atoms with Crippen molar-refractivity contribution < 1.29 is 9.13 Å². The maximum atomic E-state index is 13.8. The van der Waals surface area contributed by atoms with Crippen molar-refractivity contribution in [2.75, 3.05) is 6.61 Å². The minimum Gasteiger partial charge on any atom is -0.494 e. The van der Waals surface area contributed by atoms with E-state index in [1.54, 1.807) is 12.1 Å². The third kappa shape index (κ3) is 3.36. The first kappa shape index (κ1) is 14.5. The van der Waals surface area contributed by atoms with E-state index in [0.29, 0.717) is 12.2 Å². The highest BCUT2D eigenvalue weighted by atomic mass is 19.1. The zero-order chi connectivity index (χ0) is 14.5.